The number of hydrogen-bond donors (Lipinski definition) is 2. The first-order valence-corrected chi connectivity index (χ1v) is 4.78. The largest absolute Gasteiger partial charge is 0.391 e. The lowest BCUT2D eigenvalue weighted by Gasteiger charge is -2.16. The molecule has 1 amide bonds. The monoisotopic (exact) mass is 206 g/mol. The summed E-state index contributed by atoms with van der Waals surface area (Å²) in [6.45, 7) is 1.30. The number of hydrogen-bond acceptors (Lipinski definition) is 4. The van der Waals surface area contributed by atoms with Crippen LogP contribution in [0, 0.1) is 6.07 Å². The number of anilines is 1. The van der Waals surface area contributed by atoms with Crippen LogP contribution in [0.1, 0.15) is 16.9 Å². The molecule has 0 unspecified atom stereocenters. The summed E-state index contributed by atoms with van der Waals surface area (Å²) in [5, 5.41) is 9.37. The Bertz CT molecular complexity index is 381. The number of rotatable bonds is 2. The molecule has 1 aliphatic rings. The predicted octanol–water partition coefficient (Wildman–Crippen LogP) is -0.448. The van der Waals surface area contributed by atoms with Gasteiger partial charge in [0.1, 0.15) is 11.5 Å². The molecule has 3 N–H and O–H groups in total. The van der Waals surface area contributed by atoms with Gasteiger partial charge in [-0.15, -0.1) is 0 Å². The van der Waals surface area contributed by atoms with Crippen molar-refractivity contribution in [3.8, 4) is 0 Å². The van der Waals surface area contributed by atoms with E-state index in [1.54, 1.807) is 12.1 Å². The molecule has 1 aliphatic heterocycles. The first-order chi connectivity index (χ1) is 7.16. The fourth-order valence-electron chi connectivity index (χ4n) is 1.63. The lowest BCUT2D eigenvalue weighted by atomic mass is 10.3. The molecule has 0 saturated carbocycles. The van der Waals surface area contributed by atoms with Gasteiger partial charge in [0.2, 0.25) is 0 Å². The number of aliphatic hydroxyl groups is 1. The van der Waals surface area contributed by atoms with Crippen LogP contribution in [-0.4, -0.2) is 35.2 Å². The number of carbonyl (C=O) groups is 1. The lowest BCUT2D eigenvalue weighted by Crippen LogP contribution is -2.23. The van der Waals surface area contributed by atoms with Crippen LogP contribution in [0.2, 0.25) is 0 Å². The summed E-state index contributed by atoms with van der Waals surface area (Å²) >= 11 is 0. The topological polar surface area (TPSA) is 79.5 Å². The van der Waals surface area contributed by atoms with E-state index in [0.29, 0.717) is 12.4 Å². The molecule has 1 fully saturated rings. The molecule has 1 radical (unpaired) electrons. The maximum absolute atomic E-state index is 10.9. The summed E-state index contributed by atoms with van der Waals surface area (Å²) in [7, 11) is 0. The van der Waals surface area contributed by atoms with Crippen molar-refractivity contribution in [2.24, 2.45) is 5.73 Å². The molecule has 1 aromatic heterocycles. The molecule has 1 atom stereocenters. The molecular weight excluding hydrogens is 194 g/mol. The van der Waals surface area contributed by atoms with Crippen LogP contribution >= 0.6 is 0 Å². The summed E-state index contributed by atoms with van der Waals surface area (Å²) in [5.74, 6) is 0.0793. The normalized spacial score (nSPS) is 20.6. The van der Waals surface area contributed by atoms with E-state index in [0.717, 1.165) is 13.0 Å². The minimum absolute atomic E-state index is 0.133. The van der Waals surface area contributed by atoms with E-state index in [1.807, 2.05) is 4.90 Å². The molecule has 1 saturated heterocycles. The van der Waals surface area contributed by atoms with Crippen molar-refractivity contribution in [1.29, 1.82) is 0 Å². The Labute approximate surface area is 87.5 Å². The third-order valence-corrected chi connectivity index (χ3v) is 2.40. The van der Waals surface area contributed by atoms with Crippen LogP contribution in [0.5, 0.6) is 0 Å². The Morgan fingerprint density at radius 2 is 2.53 bits per heavy atom. The van der Waals surface area contributed by atoms with E-state index in [1.165, 1.54) is 0 Å². The average Bonchev–Trinajstić information content (AvgIpc) is 2.65. The molecule has 0 aliphatic carbocycles. The summed E-state index contributed by atoms with van der Waals surface area (Å²) in [4.78, 5) is 16.9. The molecule has 5 heteroatoms. The number of amides is 1. The van der Waals surface area contributed by atoms with Gasteiger partial charge in [0.25, 0.3) is 5.91 Å². The van der Waals surface area contributed by atoms with E-state index in [9.17, 15) is 9.90 Å². The van der Waals surface area contributed by atoms with Crippen molar-refractivity contribution in [2.45, 2.75) is 12.5 Å². The Balaban J connectivity index is 2.21. The van der Waals surface area contributed by atoms with E-state index >= 15 is 0 Å². The number of β-amino-alcohol motifs (C(OH)–C–C–N with tert-alkyl or cyclic N) is 1. The molecule has 1 aromatic rings. The molecule has 2 rings (SSSR count). The Morgan fingerprint density at radius 1 is 1.73 bits per heavy atom. The highest BCUT2D eigenvalue weighted by Crippen LogP contribution is 2.17. The molecule has 2 heterocycles. The zero-order valence-electron chi connectivity index (χ0n) is 8.18. The predicted molar refractivity (Wildman–Crippen MR) is 54.4 cm³/mol. The molecule has 0 aromatic carbocycles. The van der Waals surface area contributed by atoms with E-state index < -0.39 is 5.91 Å². The minimum atomic E-state index is -0.586. The third-order valence-electron chi connectivity index (χ3n) is 2.40. The fraction of sp³-hybridized carbons (Fsp3) is 0.400. The van der Waals surface area contributed by atoms with E-state index in [-0.39, 0.29) is 11.8 Å². The van der Waals surface area contributed by atoms with Crippen molar-refractivity contribution in [1.82, 2.24) is 4.98 Å². The molecular formula is C10H12N3O2. The number of carbonyl (C=O) groups excluding carboxylic acids is 1. The average molecular weight is 206 g/mol. The highest BCUT2D eigenvalue weighted by molar-refractivity contribution is 5.90. The van der Waals surface area contributed by atoms with Crippen LogP contribution < -0.4 is 10.6 Å². The number of aliphatic hydroxyl groups excluding tert-OH is 1. The van der Waals surface area contributed by atoms with Gasteiger partial charge >= 0.3 is 0 Å². The highest BCUT2D eigenvalue weighted by Gasteiger charge is 2.21. The van der Waals surface area contributed by atoms with Crippen molar-refractivity contribution in [2.75, 3.05) is 18.0 Å². The van der Waals surface area contributed by atoms with E-state index in [4.69, 9.17) is 5.73 Å². The summed E-state index contributed by atoms with van der Waals surface area (Å²) in [6.07, 6.45) is 0.416. The number of nitrogens with two attached hydrogens (primary N) is 1. The lowest BCUT2D eigenvalue weighted by molar-refractivity contribution is 0.0995. The Kier molecular flexibility index (Phi) is 2.55. The van der Waals surface area contributed by atoms with Crippen LogP contribution in [0.3, 0.4) is 0 Å². The van der Waals surface area contributed by atoms with Crippen molar-refractivity contribution < 1.29 is 9.90 Å². The number of nitrogens with zero attached hydrogens (tertiary/aromatic N) is 2. The second-order valence-electron chi connectivity index (χ2n) is 3.55. The van der Waals surface area contributed by atoms with Gasteiger partial charge in [0, 0.05) is 19.2 Å². The molecule has 15 heavy (non-hydrogen) atoms. The molecule has 0 bridgehead atoms. The Morgan fingerprint density at radius 3 is 3.13 bits per heavy atom. The van der Waals surface area contributed by atoms with Crippen molar-refractivity contribution >= 4 is 11.7 Å². The smallest absolute Gasteiger partial charge is 0.268 e. The van der Waals surface area contributed by atoms with Crippen LogP contribution in [0.4, 0.5) is 5.82 Å². The number of aromatic nitrogens is 1. The fourth-order valence-corrected chi connectivity index (χ4v) is 1.63. The summed E-state index contributed by atoms with van der Waals surface area (Å²) in [5.41, 5.74) is 5.24. The number of primary amides is 1. The quantitative estimate of drug-likeness (QED) is 0.687. The Hall–Kier alpha value is -1.62. The number of pyridine rings is 1. The zero-order valence-corrected chi connectivity index (χ0v) is 8.18. The zero-order chi connectivity index (χ0) is 10.8. The highest BCUT2D eigenvalue weighted by atomic mass is 16.3. The van der Waals surface area contributed by atoms with E-state index in [2.05, 4.69) is 11.1 Å². The van der Waals surface area contributed by atoms with Gasteiger partial charge in [-0.3, -0.25) is 4.79 Å². The van der Waals surface area contributed by atoms with Gasteiger partial charge in [0.15, 0.2) is 0 Å². The third kappa shape index (κ3) is 2.07. The standard InChI is InChI=1S/C10H12N3O2/c11-10(15)8-2-1-3-9(12-8)13-5-4-7(14)6-13/h1,3,7,14H,4-6H2,(H2,11,15)/t7-/m0/s1. The molecule has 0 spiro atoms. The summed E-state index contributed by atoms with van der Waals surface area (Å²) < 4.78 is 0. The second kappa shape index (κ2) is 3.86. The van der Waals surface area contributed by atoms with Crippen molar-refractivity contribution in [3.63, 3.8) is 0 Å². The first-order valence-electron chi connectivity index (χ1n) is 4.78. The van der Waals surface area contributed by atoms with Crippen LogP contribution in [0.25, 0.3) is 0 Å². The first kappa shape index (κ1) is 9.92. The maximum atomic E-state index is 10.9. The van der Waals surface area contributed by atoms with Gasteiger partial charge < -0.3 is 15.7 Å². The SMILES string of the molecule is NC(=O)c1[c]ccc(N2CC[C@H](O)C2)n1. The van der Waals surface area contributed by atoms with Gasteiger partial charge in [0.05, 0.1) is 6.10 Å². The van der Waals surface area contributed by atoms with Crippen LogP contribution in [-0.2, 0) is 0 Å². The van der Waals surface area contributed by atoms with Gasteiger partial charge in [-0.1, -0.05) is 0 Å². The van der Waals surface area contributed by atoms with Crippen molar-refractivity contribution in [3.05, 3.63) is 23.9 Å². The minimum Gasteiger partial charge on any atom is -0.391 e. The van der Waals surface area contributed by atoms with Gasteiger partial charge in [-0.25, -0.2) is 4.98 Å². The molecule has 79 valence electrons. The second-order valence-corrected chi connectivity index (χ2v) is 3.55. The van der Waals surface area contributed by atoms with Gasteiger partial charge in [-0.05, 0) is 18.6 Å². The summed E-state index contributed by atoms with van der Waals surface area (Å²) in [6, 6.07) is 6.04. The maximum Gasteiger partial charge on any atom is 0.268 e. The van der Waals surface area contributed by atoms with Gasteiger partial charge in [-0.2, -0.15) is 0 Å². The van der Waals surface area contributed by atoms with Crippen LogP contribution in [0.15, 0.2) is 12.1 Å². The molecule has 5 nitrogen and oxygen atoms in total.